The van der Waals surface area contributed by atoms with Gasteiger partial charge in [-0.1, -0.05) is 20.8 Å². The normalized spacial score (nSPS) is 18.7. The van der Waals surface area contributed by atoms with Gasteiger partial charge in [0.05, 0.1) is 11.7 Å². The minimum Gasteiger partial charge on any atom is -0.334 e. The minimum absolute atomic E-state index is 0.0332. The molecule has 1 aliphatic rings. The van der Waals surface area contributed by atoms with Gasteiger partial charge in [-0.05, 0) is 32.3 Å². The molecule has 0 spiro atoms. The highest BCUT2D eigenvalue weighted by Crippen LogP contribution is 2.34. The van der Waals surface area contributed by atoms with E-state index in [-0.39, 0.29) is 17.4 Å². The van der Waals surface area contributed by atoms with Crippen LogP contribution in [-0.2, 0) is 4.79 Å². The molecule has 0 N–H and O–H groups in total. The van der Waals surface area contributed by atoms with Gasteiger partial charge in [0.2, 0.25) is 5.91 Å². The molecule has 1 aliphatic heterocycles. The summed E-state index contributed by atoms with van der Waals surface area (Å²) in [6.45, 7) is 8.64. The Morgan fingerprint density at radius 3 is 2.75 bits per heavy atom. The smallest absolute Gasteiger partial charge is 0.228 e. The van der Waals surface area contributed by atoms with Crippen molar-refractivity contribution >= 4 is 17.2 Å². The molecule has 0 aromatic carbocycles. The zero-order valence-corrected chi connectivity index (χ0v) is 15.6. The van der Waals surface area contributed by atoms with Crippen LogP contribution in [0.4, 0.5) is 0 Å². The van der Waals surface area contributed by atoms with Crippen LogP contribution in [0.15, 0.2) is 17.6 Å². The molecule has 24 heavy (non-hydrogen) atoms. The number of thiazole rings is 1. The van der Waals surface area contributed by atoms with E-state index in [1.807, 2.05) is 44.0 Å². The van der Waals surface area contributed by atoms with Crippen molar-refractivity contribution in [2.24, 2.45) is 5.41 Å². The van der Waals surface area contributed by atoms with Crippen LogP contribution in [0.25, 0.3) is 10.7 Å². The van der Waals surface area contributed by atoms with Gasteiger partial charge in [-0.2, -0.15) is 0 Å². The van der Waals surface area contributed by atoms with Crippen molar-refractivity contribution in [1.29, 1.82) is 0 Å². The second-order valence-corrected chi connectivity index (χ2v) is 8.22. The van der Waals surface area contributed by atoms with E-state index in [4.69, 9.17) is 0 Å². The molecule has 1 atom stereocenters. The highest BCUT2D eigenvalue weighted by molar-refractivity contribution is 7.13. The summed E-state index contributed by atoms with van der Waals surface area (Å²) in [5.74, 6) is 0.922. The minimum atomic E-state index is -0.379. The lowest BCUT2D eigenvalue weighted by molar-refractivity contribution is -0.143. The first-order chi connectivity index (χ1) is 11.4. The van der Waals surface area contributed by atoms with E-state index in [0.717, 1.165) is 48.0 Å². The van der Waals surface area contributed by atoms with E-state index in [9.17, 15) is 4.79 Å². The van der Waals surface area contributed by atoms with Gasteiger partial charge in [-0.25, -0.2) is 15.0 Å². The van der Waals surface area contributed by atoms with Gasteiger partial charge in [0.15, 0.2) is 0 Å². The molecule has 3 rings (SSSR count). The number of piperidine rings is 1. The summed E-state index contributed by atoms with van der Waals surface area (Å²) in [4.78, 5) is 28.4. The molecule has 0 bridgehead atoms. The van der Waals surface area contributed by atoms with Crippen LogP contribution in [0.5, 0.6) is 0 Å². The zero-order valence-electron chi connectivity index (χ0n) is 14.7. The van der Waals surface area contributed by atoms with Crippen LogP contribution in [0.1, 0.15) is 57.6 Å². The molecule has 0 unspecified atom stereocenters. The Kier molecular flexibility index (Phi) is 4.67. The van der Waals surface area contributed by atoms with Gasteiger partial charge in [0, 0.05) is 23.5 Å². The molecule has 2 aromatic heterocycles. The lowest BCUT2D eigenvalue weighted by Crippen LogP contribution is -2.44. The van der Waals surface area contributed by atoms with Gasteiger partial charge >= 0.3 is 0 Å². The molecule has 2 aromatic rings. The van der Waals surface area contributed by atoms with Crippen LogP contribution in [0, 0.1) is 12.3 Å². The standard InChI is InChI=1S/C18H24N4OS/c1-12-20-13(11-14(21-12)16-19-8-10-24-16)15-7-5-6-9-22(15)17(23)18(2,3)4/h8,10-11,15H,5-7,9H2,1-4H3/t15-/m1/s1. The fourth-order valence-corrected chi connectivity index (χ4v) is 3.73. The molecule has 6 heteroatoms. The third-order valence-corrected chi connectivity index (χ3v) is 5.05. The summed E-state index contributed by atoms with van der Waals surface area (Å²) in [7, 11) is 0. The van der Waals surface area contributed by atoms with Crippen LogP contribution in [0.2, 0.25) is 0 Å². The van der Waals surface area contributed by atoms with E-state index >= 15 is 0 Å². The number of carbonyl (C=O) groups excluding carboxylic acids is 1. The van der Waals surface area contributed by atoms with Crippen LogP contribution in [0.3, 0.4) is 0 Å². The Labute approximate surface area is 147 Å². The van der Waals surface area contributed by atoms with Gasteiger partial charge in [-0.3, -0.25) is 4.79 Å². The summed E-state index contributed by atoms with van der Waals surface area (Å²) >= 11 is 1.57. The van der Waals surface area contributed by atoms with Gasteiger partial charge in [-0.15, -0.1) is 11.3 Å². The number of hydrogen-bond donors (Lipinski definition) is 0. The Hall–Kier alpha value is -1.82. The van der Waals surface area contributed by atoms with Crippen molar-refractivity contribution in [3.63, 3.8) is 0 Å². The average molecular weight is 344 g/mol. The van der Waals surface area contributed by atoms with Crippen molar-refractivity contribution in [3.8, 4) is 10.7 Å². The zero-order chi connectivity index (χ0) is 17.3. The summed E-state index contributed by atoms with van der Waals surface area (Å²) < 4.78 is 0. The van der Waals surface area contributed by atoms with Gasteiger partial charge < -0.3 is 4.90 Å². The SMILES string of the molecule is Cc1nc(-c2nccs2)cc([C@H]2CCCCN2C(=O)C(C)(C)C)n1. The number of amides is 1. The Morgan fingerprint density at radius 2 is 2.08 bits per heavy atom. The second-order valence-electron chi connectivity index (χ2n) is 7.32. The lowest BCUT2D eigenvalue weighted by atomic mass is 9.90. The third kappa shape index (κ3) is 3.48. The Balaban J connectivity index is 1.98. The van der Waals surface area contributed by atoms with E-state index in [0.29, 0.717) is 0 Å². The van der Waals surface area contributed by atoms with E-state index in [2.05, 4.69) is 15.0 Å². The van der Waals surface area contributed by atoms with E-state index < -0.39 is 0 Å². The van der Waals surface area contributed by atoms with Crippen molar-refractivity contribution in [3.05, 3.63) is 29.2 Å². The monoisotopic (exact) mass is 344 g/mol. The predicted octanol–water partition coefficient (Wildman–Crippen LogP) is 4.01. The second kappa shape index (κ2) is 6.59. The molecular weight excluding hydrogens is 320 g/mol. The third-order valence-electron chi connectivity index (χ3n) is 4.26. The number of likely N-dealkylation sites (tertiary alicyclic amines) is 1. The van der Waals surface area contributed by atoms with Crippen LogP contribution in [-0.4, -0.2) is 32.3 Å². The molecule has 1 fully saturated rings. The maximum atomic E-state index is 12.9. The first-order valence-corrected chi connectivity index (χ1v) is 9.31. The summed E-state index contributed by atoms with van der Waals surface area (Å²) in [6.07, 6.45) is 4.92. The number of carbonyl (C=O) groups is 1. The summed E-state index contributed by atoms with van der Waals surface area (Å²) in [5, 5.41) is 2.84. The molecule has 5 nitrogen and oxygen atoms in total. The fourth-order valence-electron chi connectivity index (χ4n) is 3.13. The van der Waals surface area contributed by atoms with Gasteiger partial charge in [0.25, 0.3) is 0 Å². The number of hydrogen-bond acceptors (Lipinski definition) is 5. The largest absolute Gasteiger partial charge is 0.334 e. The molecule has 0 aliphatic carbocycles. The van der Waals surface area contributed by atoms with E-state index in [1.54, 1.807) is 17.5 Å². The highest BCUT2D eigenvalue weighted by atomic mass is 32.1. The number of rotatable bonds is 2. The molecule has 0 radical (unpaired) electrons. The van der Waals surface area contributed by atoms with Crippen LogP contribution < -0.4 is 0 Å². The Morgan fingerprint density at radius 1 is 1.29 bits per heavy atom. The Bertz CT molecular complexity index is 721. The first-order valence-electron chi connectivity index (χ1n) is 8.43. The fraction of sp³-hybridized carbons (Fsp3) is 0.556. The molecular formula is C18H24N4OS. The van der Waals surface area contributed by atoms with E-state index in [1.165, 1.54) is 0 Å². The molecule has 0 saturated carbocycles. The molecule has 1 saturated heterocycles. The lowest BCUT2D eigenvalue weighted by Gasteiger charge is -2.39. The average Bonchev–Trinajstić information content (AvgIpc) is 3.07. The summed E-state index contributed by atoms with van der Waals surface area (Å²) in [6, 6.07) is 2.04. The summed E-state index contributed by atoms with van der Waals surface area (Å²) in [5.41, 5.74) is 1.40. The van der Waals surface area contributed by atoms with Crippen LogP contribution >= 0.6 is 11.3 Å². The number of aryl methyl sites for hydroxylation is 1. The molecule has 3 heterocycles. The number of aromatic nitrogens is 3. The molecule has 128 valence electrons. The highest BCUT2D eigenvalue weighted by Gasteiger charge is 2.35. The topological polar surface area (TPSA) is 59.0 Å². The van der Waals surface area contributed by atoms with Crippen molar-refractivity contribution in [2.75, 3.05) is 6.54 Å². The quantitative estimate of drug-likeness (QED) is 0.826. The van der Waals surface area contributed by atoms with Crippen molar-refractivity contribution < 1.29 is 4.79 Å². The maximum absolute atomic E-state index is 12.9. The van der Waals surface area contributed by atoms with Crippen molar-refractivity contribution in [1.82, 2.24) is 19.9 Å². The van der Waals surface area contributed by atoms with Crippen molar-refractivity contribution in [2.45, 2.75) is 53.0 Å². The predicted molar refractivity (Wildman–Crippen MR) is 95.6 cm³/mol. The van der Waals surface area contributed by atoms with Gasteiger partial charge in [0.1, 0.15) is 16.5 Å². The number of nitrogens with zero attached hydrogens (tertiary/aromatic N) is 4. The maximum Gasteiger partial charge on any atom is 0.228 e. The first kappa shape index (κ1) is 17.0. The molecule has 1 amide bonds.